The van der Waals surface area contributed by atoms with Crippen molar-refractivity contribution in [3.8, 4) is 17.3 Å². The van der Waals surface area contributed by atoms with Crippen molar-refractivity contribution < 1.29 is 4.74 Å². The van der Waals surface area contributed by atoms with Crippen LogP contribution in [0.5, 0.6) is 5.75 Å². The van der Waals surface area contributed by atoms with E-state index in [2.05, 4.69) is 47.6 Å². The minimum atomic E-state index is 0.656. The number of rotatable bonds is 7. The summed E-state index contributed by atoms with van der Waals surface area (Å²) in [5.41, 5.74) is 4.55. The van der Waals surface area contributed by atoms with Crippen LogP contribution in [0.3, 0.4) is 0 Å². The summed E-state index contributed by atoms with van der Waals surface area (Å²) in [6.45, 7) is 7.84. The van der Waals surface area contributed by atoms with E-state index in [4.69, 9.17) is 9.72 Å². The third kappa shape index (κ3) is 3.26. The molecule has 28 heavy (non-hydrogen) atoms. The molecule has 0 spiro atoms. The number of aryl methyl sites for hydroxylation is 1. The van der Waals surface area contributed by atoms with Gasteiger partial charge in [0.1, 0.15) is 5.69 Å². The summed E-state index contributed by atoms with van der Waals surface area (Å²) in [6.07, 6.45) is 3.98. The lowest BCUT2D eigenvalue weighted by Gasteiger charge is -2.10. The molecule has 0 atom stereocenters. The summed E-state index contributed by atoms with van der Waals surface area (Å²) in [5, 5.41) is 13.4. The predicted octanol–water partition coefficient (Wildman–Crippen LogP) is 4.86. The summed E-state index contributed by atoms with van der Waals surface area (Å²) in [7, 11) is 0. The molecule has 0 fully saturated rings. The number of anilines is 1. The molecule has 6 heteroatoms. The molecule has 3 heterocycles. The van der Waals surface area contributed by atoms with Gasteiger partial charge in [-0.1, -0.05) is 32.0 Å². The Morgan fingerprint density at radius 3 is 2.75 bits per heavy atom. The van der Waals surface area contributed by atoms with Crippen LogP contribution in [0.4, 0.5) is 5.69 Å². The highest BCUT2D eigenvalue weighted by Gasteiger charge is 2.16. The highest BCUT2D eigenvalue weighted by molar-refractivity contribution is 5.91. The van der Waals surface area contributed by atoms with Crippen LogP contribution < -0.4 is 10.1 Å². The lowest BCUT2D eigenvalue weighted by Crippen LogP contribution is -2.02. The molecular formula is C22H25N5O. The largest absolute Gasteiger partial charge is 0.489 e. The van der Waals surface area contributed by atoms with Crippen LogP contribution in [0, 0.1) is 6.92 Å². The van der Waals surface area contributed by atoms with Gasteiger partial charge in [-0.3, -0.25) is 4.40 Å². The monoisotopic (exact) mass is 375 g/mol. The molecule has 4 aromatic rings. The highest BCUT2D eigenvalue weighted by Crippen LogP contribution is 2.29. The van der Waals surface area contributed by atoms with Crippen LogP contribution >= 0.6 is 0 Å². The summed E-state index contributed by atoms with van der Waals surface area (Å²) in [6, 6.07) is 12.3. The molecule has 144 valence electrons. The van der Waals surface area contributed by atoms with Crippen LogP contribution in [0.25, 0.3) is 28.1 Å². The van der Waals surface area contributed by atoms with Gasteiger partial charge in [-0.2, -0.15) is 0 Å². The van der Waals surface area contributed by atoms with Gasteiger partial charge in [-0.25, -0.2) is 4.98 Å². The van der Waals surface area contributed by atoms with Crippen LogP contribution in [-0.2, 0) is 0 Å². The summed E-state index contributed by atoms with van der Waals surface area (Å²) < 4.78 is 7.88. The molecule has 0 aliphatic heterocycles. The molecule has 4 rings (SSSR count). The zero-order valence-corrected chi connectivity index (χ0v) is 16.6. The van der Waals surface area contributed by atoms with Crippen molar-refractivity contribution in [2.75, 3.05) is 18.5 Å². The van der Waals surface area contributed by atoms with E-state index < -0.39 is 0 Å². The minimum Gasteiger partial charge on any atom is -0.489 e. The fourth-order valence-electron chi connectivity index (χ4n) is 3.26. The Balaban J connectivity index is 1.82. The van der Waals surface area contributed by atoms with Crippen molar-refractivity contribution in [1.29, 1.82) is 0 Å². The van der Waals surface area contributed by atoms with Crippen molar-refractivity contribution in [2.45, 2.75) is 33.6 Å². The number of nitrogens with zero attached hydrogens (tertiary/aromatic N) is 4. The standard InChI is InChI=1S/C22H25N5O/c1-4-12-23-17-8-6-7-16-9-10-18(24-19(16)17)21-25-26-22-20(28-14-5-2)15(3)11-13-27(21)22/h6-11,13,23H,4-5,12,14H2,1-3H3. The maximum Gasteiger partial charge on any atom is 0.203 e. The van der Waals surface area contributed by atoms with Crippen molar-refractivity contribution >= 4 is 22.2 Å². The second kappa shape index (κ2) is 7.84. The van der Waals surface area contributed by atoms with E-state index >= 15 is 0 Å². The summed E-state index contributed by atoms with van der Waals surface area (Å²) in [5.74, 6) is 1.50. The lowest BCUT2D eigenvalue weighted by molar-refractivity contribution is 0.317. The predicted molar refractivity (Wildman–Crippen MR) is 113 cm³/mol. The van der Waals surface area contributed by atoms with E-state index in [0.717, 1.165) is 58.6 Å². The number of para-hydroxylation sites is 1. The molecule has 0 saturated heterocycles. The van der Waals surface area contributed by atoms with Crippen molar-refractivity contribution in [3.63, 3.8) is 0 Å². The Morgan fingerprint density at radius 1 is 1.04 bits per heavy atom. The fourth-order valence-corrected chi connectivity index (χ4v) is 3.26. The van der Waals surface area contributed by atoms with Crippen molar-refractivity contribution in [3.05, 3.63) is 48.2 Å². The van der Waals surface area contributed by atoms with Gasteiger partial charge in [0.05, 0.1) is 17.8 Å². The van der Waals surface area contributed by atoms with E-state index in [0.29, 0.717) is 12.4 Å². The number of aromatic nitrogens is 4. The van der Waals surface area contributed by atoms with Gasteiger partial charge in [0.25, 0.3) is 0 Å². The fraction of sp³-hybridized carbons (Fsp3) is 0.318. The van der Waals surface area contributed by atoms with Crippen molar-refractivity contribution in [2.24, 2.45) is 0 Å². The minimum absolute atomic E-state index is 0.656. The topological polar surface area (TPSA) is 64.3 Å². The SMILES string of the molecule is CCCNc1cccc2ccc(-c3nnc4c(OCCC)c(C)ccn34)nc12. The van der Waals surface area contributed by atoms with E-state index in [9.17, 15) is 0 Å². The number of hydrogen-bond acceptors (Lipinski definition) is 5. The van der Waals surface area contributed by atoms with Gasteiger partial charge >= 0.3 is 0 Å². The van der Waals surface area contributed by atoms with Crippen LogP contribution in [0.15, 0.2) is 42.6 Å². The maximum absolute atomic E-state index is 5.93. The molecule has 1 aromatic carbocycles. The Morgan fingerprint density at radius 2 is 1.93 bits per heavy atom. The first-order valence-electron chi connectivity index (χ1n) is 9.84. The second-order valence-electron chi connectivity index (χ2n) is 6.89. The second-order valence-corrected chi connectivity index (χ2v) is 6.89. The first-order chi connectivity index (χ1) is 13.7. The molecule has 0 bridgehead atoms. The zero-order valence-electron chi connectivity index (χ0n) is 16.6. The van der Waals surface area contributed by atoms with Gasteiger partial charge in [0.15, 0.2) is 11.6 Å². The van der Waals surface area contributed by atoms with E-state index in [1.807, 2.05) is 35.7 Å². The zero-order chi connectivity index (χ0) is 19.5. The normalized spacial score (nSPS) is 11.2. The van der Waals surface area contributed by atoms with Gasteiger partial charge in [-0.05, 0) is 43.5 Å². The molecule has 6 nitrogen and oxygen atoms in total. The first-order valence-corrected chi connectivity index (χ1v) is 9.84. The van der Waals surface area contributed by atoms with Gasteiger partial charge in [-0.15, -0.1) is 10.2 Å². The number of pyridine rings is 2. The number of nitrogens with one attached hydrogen (secondary N) is 1. The molecule has 3 aromatic heterocycles. The molecule has 0 aliphatic carbocycles. The average molecular weight is 375 g/mol. The molecule has 0 unspecified atom stereocenters. The lowest BCUT2D eigenvalue weighted by atomic mass is 10.1. The van der Waals surface area contributed by atoms with Crippen LogP contribution in [0.1, 0.15) is 32.3 Å². The third-order valence-corrected chi connectivity index (χ3v) is 4.70. The average Bonchev–Trinajstić information content (AvgIpc) is 3.15. The van der Waals surface area contributed by atoms with E-state index in [1.165, 1.54) is 0 Å². The van der Waals surface area contributed by atoms with Crippen molar-refractivity contribution in [1.82, 2.24) is 19.6 Å². The quantitative estimate of drug-likeness (QED) is 0.499. The molecule has 0 saturated carbocycles. The summed E-state index contributed by atoms with van der Waals surface area (Å²) >= 11 is 0. The maximum atomic E-state index is 5.93. The number of benzene rings is 1. The Labute approximate surface area is 164 Å². The molecule has 0 aliphatic rings. The third-order valence-electron chi connectivity index (χ3n) is 4.70. The Kier molecular flexibility index (Phi) is 5.10. The van der Waals surface area contributed by atoms with Gasteiger partial charge in [0.2, 0.25) is 5.65 Å². The molecule has 0 amide bonds. The van der Waals surface area contributed by atoms with E-state index in [-0.39, 0.29) is 0 Å². The van der Waals surface area contributed by atoms with E-state index in [1.54, 1.807) is 0 Å². The van der Waals surface area contributed by atoms with Crippen LogP contribution in [0.2, 0.25) is 0 Å². The van der Waals surface area contributed by atoms with Gasteiger partial charge in [0, 0.05) is 18.1 Å². The van der Waals surface area contributed by atoms with Crippen LogP contribution in [-0.4, -0.2) is 32.7 Å². The number of hydrogen-bond donors (Lipinski definition) is 1. The highest BCUT2D eigenvalue weighted by atomic mass is 16.5. The number of ether oxygens (including phenoxy) is 1. The number of fused-ring (bicyclic) bond motifs is 2. The Bertz CT molecular complexity index is 1120. The Hall–Kier alpha value is -3.15. The summed E-state index contributed by atoms with van der Waals surface area (Å²) in [4.78, 5) is 4.91. The smallest absolute Gasteiger partial charge is 0.203 e. The molecular weight excluding hydrogens is 350 g/mol. The molecule has 0 radical (unpaired) electrons. The first kappa shape index (κ1) is 18.2. The van der Waals surface area contributed by atoms with Gasteiger partial charge < -0.3 is 10.1 Å². The molecule has 1 N–H and O–H groups in total.